The fraction of sp³-hybridized carbons (Fsp3) is 0.667. The van der Waals surface area contributed by atoms with Crippen LogP contribution in [0.25, 0.3) is 0 Å². The summed E-state index contributed by atoms with van der Waals surface area (Å²) in [4.78, 5) is 1.47. The smallest absolute Gasteiger partial charge is 0.0242 e. The molecule has 0 aromatic carbocycles. The molecule has 0 aliphatic heterocycles. The van der Waals surface area contributed by atoms with Crippen molar-refractivity contribution in [3.8, 4) is 0 Å². The molecule has 0 amide bonds. The zero-order valence-electron chi connectivity index (χ0n) is 9.28. The van der Waals surface area contributed by atoms with Gasteiger partial charge >= 0.3 is 0 Å². The quantitative estimate of drug-likeness (QED) is 0.576. The standard InChI is InChI=1S/C12H20N2S/c1-9(10-4-5-10)12(14-13)7-6-11-3-2-8-15-11/h2-3,8-10,12,14H,4-7,13H2,1H3. The average Bonchev–Trinajstić information content (AvgIpc) is 2.97. The summed E-state index contributed by atoms with van der Waals surface area (Å²) in [6, 6.07) is 4.81. The molecule has 0 radical (unpaired) electrons. The minimum Gasteiger partial charge on any atom is -0.271 e. The van der Waals surface area contributed by atoms with Gasteiger partial charge in [0.05, 0.1) is 0 Å². The van der Waals surface area contributed by atoms with Crippen molar-refractivity contribution in [2.75, 3.05) is 0 Å². The maximum atomic E-state index is 5.63. The summed E-state index contributed by atoms with van der Waals surface area (Å²) >= 11 is 1.84. The van der Waals surface area contributed by atoms with Crippen LogP contribution in [0.4, 0.5) is 0 Å². The maximum Gasteiger partial charge on any atom is 0.0242 e. The van der Waals surface area contributed by atoms with Gasteiger partial charge in [-0.3, -0.25) is 11.3 Å². The van der Waals surface area contributed by atoms with Crippen molar-refractivity contribution in [1.29, 1.82) is 0 Å². The molecule has 1 saturated carbocycles. The number of hydrogen-bond donors (Lipinski definition) is 2. The van der Waals surface area contributed by atoms with Crippen molar-refractivity contribution in [2.45, 2.75) is 38.6 Å². The lowest BCUT2D eigenvalue weighted by molar-refractivity contribution is 0.329. The molecule has 1 fully saturated rings. The van der Waals surface area contributed by atoms with Crippen molar-refractivity contribution < 1.29 is 0 Å². The van der Waals surface area contributed by atoms with Crippen molar-refractivity contribution in [2.24, 2.45) is 17.7 Å². The number of aryl methyl sites for hydroxylation is 1. The zero-order valence-corrected chi connectivity index (χ0v) is 10.1. The van der Waals surface area contributed by atoms with Crippen LogP contribution in [0.2, 0.25) is 0 Å². The Morgan fingerprint density at radius 3 is 2.93 bits per heavy atom. The van der Waals surface area contributed by atoms with E-state index in [-0.39, 0.29) is 0 Å². The molecule has 0 bridgehead atoms. The highest BCUT2D eigenvalue weighted by molar-refractivity contribution is 7.09. The van der Waals surface area contributed by atoms with Gasteiger partial charge in [0.25, 0.3) is 0 Å². The summed E-state index contributed by atoms with van der Waals surface area (Å²) in [6.45, 7) is 2.33. The molecule has 15 heavy (non-hydrogen) atoms. The van der Waals surface area contributed by atoms with Crippen LogP contribution in [-0.4, -0.2) is 6.04 Å². The number of rotatable bonds is 6. The lowest BCUT2D eigenvalue weighted by Gasteiger charge is -2.22. The molecule has 3 heteroatoms. The van der Waals surface area contributed by atoms with E-state index in [0.717, 1.165) is 24.7 Å². The van der Waals surface area contributed by atoms with E-state index in [4.69, 9.17) is 5.84 Å². The molecular formula is C12H20N2S. The van der Waals surface area contributed by atoms with Crippen LogP contribution < -0.4 is 11.3 Å². The molecule has 0 spiro atoms. The Hall–Kier alpha value is -0.380. The van der Waals surface area contributed by atoms with Gasteiger partial charge in [-0.1, -0.05) is 13.0 Å². The van der Waals surface area contributed by atoms with Crippen LogP contribution in [-0.2, 0) is 6.42 Å². The van der Waals surface area contributed by atoms with E-state index in [0.29, 0.717) is 6.04 Å². The number of nitrogens with two attached hydrogens (primary N) is 1. The van der Waals surface area contributed by atoms with Crippen LogP contribution in [0.1, 0.15) is 31.1 Å². The van der Waals surface area contributed by atoms with Gasteiger partial charge in [-0.05, 0) is 49.0 Å². The third kappa shape index (κ3) is 3.03. The predicted molar refractivity (Wildman–Crippen MR) is 65.6 cm³/mol. The summed E-state index contributed by atoms with van der Waals surface area (Å²) < 4.78 is 0. The molecule has 1 aromatic heterocycles. The fourth-order valence-electron chi connectivity index (χ4n) is 2.20. The van der Waals surface area contributed by atoms with Gasteiger partial charge in [-0.15, -0.1) is 11.3 Å². The first kappa shape index (κ1) is 11.1. The van der Waals surface area contributed by atoms with E-state index in [1.54, 1.807) is 0 Å². The van der Waals surface area contributed by atoms with Crippen molar-refractivity contribution in [3.63, 3.8) is 0 Å². The Labute approximate surface area is 95.8 Å². The van der Waals surface area contributed by atoms with Crippen LogP contribution in [0, 0.1) is 11.8 Å². The first-order valence-electron chi connectivity index (χ1n) is 5.79. The molecule has 0 saturated heterocycles. The molecular weight excluding hydrogens is 204 g/mol. The first-order chi connectivity index (χ1) is 7.31. The highest BCUT2D eigenvalue weighted by atomic mass is 32.1. The van der Waals surface area contributed by atoms with Gasteiger partial charge in [0, 0.05) is 10.9 Å². The molecule has 1 aliphatic carbocycles. The van der Waals surface area contributed by atoms with E-state index in [1.807, 2.05) is 11.3 Å². The largest absolute Gasteiger partial charge is 0.271 e. The van der Waals surface area contributed by atoms with Gasteiger partial charge in [-0.2, -0.15) is 0 Å². The van der Waals surface area contributed by atoms with Crippen LogP contribution >= 0.6 is 11.3 Å². The number of nitrogens with one attached hydrogen (secondary N) is 1. The second-order valence-corrected chi connectivity index (χ2v) is 5.62. The van der Waals surface area contributed by atoms with E-state index in [9.17, 15) is 0 Å². The molecule has 1 heterocycles. The molecule has 2 nitrogen and oxygen atoms in total. The third-order valence-corrected chi connectivity index (χ3v) is 4.43. The van der Waals surface area contributed by atoms with Crippen molar-refractivity contribution in [1.82, 2.24) is 5.43 Å². The van der Waals surface area contributed by atoms with Gasteiger partial charge in [-0.25, -0.2) is 0 Å². The van der Waals surface area contributed by atoms with Crippen LogP contribution in [0.5, 0.6) is 0 Å². The second-order valence-electron chi connectivity index (χ2n) is 4.59. The summed E-state index contributed by atoms with van der Waals surface area (Å²) in [5, 5.41) is 2.14. The summed E-state index contributed by atoms with van der Waals surface area (Å²) in [7, 11) is 0. The zero-order chi connectivity index (χ0) is 10.7. The SMILES string of the molecule is CC(C1CC1)C(CCc1cccs1)NN. The lowest BCUT2D eigenvalue weighted by atomic mass is 9.93. The molecule has 84 valence electrons. The second kappa shape index (κ2) is 5.10. The van der Waals surface area contributed by atoms with E-state index in [2.05, 4.69) is 29.9 Å². The molecule has 2 rings (SSSR count). The van der Waals surface area contributed by atoms with Crippen molar-refractivity contribution >= 4 is 11.3 Å². The summed E-state index contributed by atoms with van der Waals surface area (Å²) in [6.07, 6.45) is 5.12. The first-order valence-corrected chi connectivity index (χ1v) is 6.67. The third-order valence-electron chi connectivity index (χ3n) is 3.50. The molecule has 2 atom stereocenters. The summed E-state index contributed by atoms with van der Waals surface area (Å²) in [5.41, 5.74) is 2.99. The summed E-state index contributed by atoms with van der Waals surface area (Å²) in [5.74, 6) is 7.29. The average molecular weight is 224 g/mol. The monoisotopic (exact) mass is 224 g/mol. The van der Waals surface area contributed by atoms with E-state index >= 15 is 0 Å². The van der Waals surface area contributed by atoms with Gasteiger partial charge < -0.3 is 0 Å². The molecule has 1 aromatic rings. The minimum atomic E-state index is 0.486. The van der Waals surface area contributed by atoms with Crippen LogP contribution in [0.15, 0.2) is 17.5 Å². The highest BCUT2D eigenvalue weighted by Crippen LogP contribution is 2.38. The minimum absolute atomic E-state index is 0.486. The molecule has 1 aliphatic rings. The van der Waals surface area contributed by atoms with Gasteiger partial charge in [0.2, 0.25) is 0 Å². The number of hydrogen-bond acceptors (Lipinski definition) is 3. The maximum absolute atomic E-state index is 5.63. The normalized spacial score (nSPS) is 20.1. The fourth-order valence-corrected chi connectivity index (χ4v) is 2.93. The lowest BCUT2D eigenvalue weighted by Crippen LogP contribution is -2.41. The molecule has 3 N–H and O–H groups in total. The van der Waals surface area contributed by atoms with Crippen LogP contribution in [0.3, 0.4) is 0 Å². The predicted octanol–water partition coefficient (Wildman–Crippen LogP) is 2.56. The van der Waals surface area contributed by atoms with Crippen molar-refractivity contribution in [3.05, 3.63) is 22.4 Å². The highest BCUT2D eigenvalue weighted by Gasteiger charge is 2.32. The van der Waals surface area contributed by atoms with Gasteiger partial charge in [0.15, 0.2) is 0 Å². The van der Waals surface area contributed by atoms with Gasteiger partial charge in [0.1, 0.15) is 0 Å². The Morgan fingerprint density at radius 2 is 2.40 bits per heavy atom. The molecule has 2 unspecified atom stereocenters. The topological polar surface area (TPSA) is 38.0 Å². The van der Waals surface area contributed by atoms with E-state index in [1.165, 1.54) is 17.7 Å². The van der Waals surface area contributed by atoms with E-state index < -0.39 is 0 Å². The Kier molecular flexibility index (Phi) is 3.78. The number of hydrazine groups is 1. The Bertz CT molecular complexity index is 280. The number of thiophene rings is 1. The Morgan fingerprint density at radius 1 is 1.60 bits per heavy atom. The Balaban J connectivity index is 1.80.